The second-order valence-electron chi connectivity index (χ2n) is 3.18. The molecule has 1 atom stereocenters. The molecule has 0 aliphatic heterocycles. The van der Waals surface area contributed by atoms with Crippen molar-refractivity contribution in [2.75, 3.05) is 13.2 Å². The van der Waals surface area contributed by atoms with E-state index in [0.717, 1.165) is 25.7 Å². The Kier molecular flexibility index (Phi) is 9.30. The summed E-state index contributed by atoms with van der Waals surface area (Å²) in [4.78, 5) is 0. The summed E-state index contributed by atoms with van der Waals surface area (Å²) in [5, 5.41) is 0. The van der Waals surface area contributed by atoms with Gasteiger partial charge >= 0.3 is 7.82 Å². The first-order chi connectivity index (χ1) is 7.18. The third kappa shape index (κ3) is 7.91. The predicted octanol–water partition coefficient (Wildman–Crippen LogP) is 4.02. The van der Waals surface area contributed by atoms with Crippen LogP contribution in [0, 0.1) is 0 Å². The Morgan fingerprint density at radius 2 is 1.73 bits per heavy atom. The highest BCUT2D eigenvalue weighted by Gasteiger charge is 2.26. The van der Waals surface area contributed by atoms with Crippen LogP contribution in [-0.4, -0.2) is 13.2 Å². The Hall–Kier alpha value is 0.0400. The number of phosphoric acid groups is 1. The van der Waals surface area contributed by atoms with E-state index in [1.807, 2.05) is 0 Å². The zero-order valence-corrected chi connectivity index (χ0v) is 10.3. The van der Waals surface area contributed by atoms with Crippen molar-refractivity contribution >= 4 is 7.82 Å². The number of rotatable bonds is 10. The topological polar surface area (TPSA) is 44.8 Å². The lowest BCUT2D eigenvalue weighted by Crippen LogP contribution is -1.98. The van der Waals surface area contributed by atoms with Gasteiger partial charge in [-0.1, -0.05) is 37.3 Å². The van der Waals surface area contributed by atoms with E-state index >= 15 is 0 Å². The van der Waals surface area contributed by atoms with Gasteiger partial charge in [0.1, 0.15) is 0 Å². The first-order valence-corrected chi connectivity index (χ1v) is 6.84. The molecule has 0 aliphatic rings. The lowest BCUT2D eigenvalue weighted by molar-refractivity contribution is -0.0563. The van der Waals surface area contributed by atoms with Gasteiger partial charge in [-0.05, 0) is 17.9 Å². The summed E-state index contributed by atoms with van der Waals surface area (Å²) >= 11 is 0. The molecule has 0 heterocycles. The van der Waals surface area contributed by atoms with Crippen LogP contribution in [0.5, 0.6) is 0 Å². The van der Waals surface area contributed by atoms with Gasteiger partial charge in [0, 0.05) is 0 Å². The molecule has 0 saturated carbocycles. The van der Waals surface area contributed by atoms with Crippen molar-refractivity contribution in [2.45, 2.75) is 46.0 Å². The summed E-state index contributed by atoms with van der Waals surface area (Å²) in [6.45, 7) is 4.01. The lowest BCUT2D eigenvalue weighted by atomic mass is 10.2. The van der Waals surface area contributed by atoms with E-state index in [4.69, 9.17) is 4.52 Å². The van der Waals surface area contributed by atoms with Gasteiger partial charge in [0.15, 0.2) is 0 Å². The number of hydrogen-bond donors (Lipinski definition) is 0. The second-order valence-corrected chi connectivity index (χ2v) is 4.73. The van der Waals surface area contributed by atoms with E-state index in [2.05, 4.69) is 16.2 Å². The molecule has 0 aromatic carbocycles. The van der Waals surface area contributed by atoms with Crippen LogP contribution in [0.2, 0.25) is 0 Å². The molecule has 92 valence electrons. The summed E-state index contributed by atoms with van der Waals surface area (Å²) in [6, 6.07) is 0. The summed E-state index contributed by atoms with van der Waals surface area (Å²) in [6.07, 6.45) is 5.15. The van der Waals surface area contributed by atoms with E-state index in [-0.39, 0.29) is 13.2 Å². The van der Waals surface area contributed by atoms with Crippen LogP contribution in [0.3, 0.4) is 0 Å². The summed E-state index contributed by atoms with van der Waals surface area (Å²) in [7, 11) is -3.92. The third-order valence-electron chi connectivity index (χ3n) is 1.87. The van der Waals surface area contributed by atoms with Crippen molar-refractivity contribution in [1.82, 2.24) is 0 Å². The molecule has 4 nitrogen and oxygen atoms in total. The minimum atomic E-state index is -3.92. The van der Waals surface area contributed by atoms with Crippen molar-refractivity contribution in [1.29, 1.82) is 0 Å². The summed E-state index contributed by atoms with van der Waals surface area (Å²) < 4.78 is 35.6. The minimum absolute atomic E-state index is 0.0943. The van der Waals surface area contributed by atoms with Gasteiger partial charge in [0.05, 0.1) is 13.2 Å². The van der Waals surface area contributed by atoms with Gasteiger partial charge in [-0.15, -0.1) is 0 Å². The van der Waals surface area contributed by atoms with Crippen molar-refractivity contribution in [3.8, 4) is 0 Å². The number of halogens is 1. The van der Waals surface area contributed by atoms with Crippen molar-refractivity contribution < 1.29 is 22.9 Å². The SMILES string of the molecule is CCCCCCCOP(=O)(OF)OCC. The zero-order chi connectivity index (χ0) is 11.6. The molecule has 15 heavy (non-hydrogen) atoms. The third-order valence-corrected chi connectivity index (χ3v) is 3.11. The van der Waals surface area contributed by atoms with Gasteiger partial charge in [-0.2, -0.15) is 0 Å². The normalized spacial score (nSPS) is 15.1. The van der Waals surface area contributed by atoms with E-state index < -0.39 is 7.82 Å². The predicted molar refractivity (Wildman–Crippen MR) is 56.1 cm³/mol. The minimum Gasteiger partial charge on any atom is -0.285 e. The van der Waals surface area contributed by atoms with Crippen LogP contribution in [0.15, 0.2) is 0 Å². The van der Waals surface area contributed by atoms with E-state index in [9.17, 15) is 9.09 Å². The van der Waals surface area contributed by atoms with Crippen LogP contribution in [0.1, 0.15) is 46.0 Å². The number of phosphoric ester groups is 1. The van der Waals surface area contributed by atoms with Crippen molar-refractivity contribution in [3.05, 3.63) is 0 Å². The van der Waals surface area contributed by atoms with Gasteiger partial charge in [0.2, 0.25) is 0 Å². The van der Waals surface area contributed by atoms with Crippen LogP contribution < -0.4 is 0 Å². The molecule has 0 aromatic rings. The van der Waals surface area contributed by atoms with E-state index in [1.165, 1.54) is 6.42 Å². The molecule has 0 aliphatic carbocycles. The molecular weight excluding hydrogens is 222 g/mol. The lowest BCUT2D eigenvalue weighted by Gasteiger charge is -2.11. The molecule has 1 unspecified atom stereocenters. The second kappa shape index (κ2) is 9.28. The molecule has 0 aromatic heterocycles. The molecule has 0 N–H and O–H groups in total. The Labute approximate surface area is 90.6 Å². The fourth-order valence-electron chi connectivity index (χ4n) is 1.12. The first-order valence-electron chi connectivity index (χ1n) is 5.38. The molecule has 0 fully saturated rings. The molecule has 6 heteroatoms. The Morgan fingerprint density at radius 3 is 2.27 bits per heavy atom. The maximum atomic E-state index is 11.8. The Morgan fingerprint density at radius 1 is 1.07 bits per heavy atom. The maximum absolute atomic E-state index is 11.8. The molecule has 0 saturated heterocycles. The first kappa shape index (κ1) is 15.0. The Bertz CT molecular complexity index is 189. The van der Waals surface area contributed by atoms with Crippen LogP contribution in [0.25, 0.3) is 0 Å². The highest BCUT2D eigenvalue weighted by Crippen LogP contribution is 2.49. The Balaban J connectivity index is 3.50. The van der Waals surface area contributed by atoms with Gasteiger partial charge in [-0.25, -0.2) is 4.57 Å². The quantitative estimate of drug-likeness (QED) is 0.428. The average molecular weight is 242 g/mol. The van der Waals surface area contributed by atoms with Gasteiger partial charge < -0.3 is 0 Å². The van der Waals surface area contributed by atoms with Gasteiger partial charge in [0.25, 0.3) is 0 Å². The van der Waals surface area contributed by atoms with E-state index in [1.54, 1.807) is 6.92 Å². The fraction of sp³-hybridized carbons (Fsp3) is 1.00. The van der Waals surface area contributed by atoms with Gasteiger partial charge in [-0.3, -0.25) is 9.05 Å². The molecule has 0 amide bonds. The van der Waals surface area contributed by atoms with Crippen LogP contribution >= 0.6 is 7.82 Å². The maximum Gasteiger partial charge on any atom is 0.506 e. The van der Waals surface area contributed by atoms with E-state index in [0.29, 0.717) is 0 Å². The monoisotopic (exact) mass is 242 g/mol. The molecule has 0 bridgehead atoms. The standard InChI is InChI=1S/C9H20FO4P/c1-3-5-6-7-8-9-13-15(11,14-10)12-4-2/h3-9H2,1-2H3. The van der Waals surface area contributed by atoms with Crippen LogP contribution in [-0.2, 0) is 18.3 Å². The summed E-state index contributed by atoms with van der Waals surface area (Å²) in [5.41, 5.74) is 0. The van der Waals surface area contributed by atoms with Crippen LogP contribution in [0.4, 0.5) is 4.53 Å². The smallest absolute Gasteiger partial charge is 0.285 e. The highest BCUT2D eigenvalue weighted by molar-refractivity contribution is 7.48. The molecule has 0 spiro atoms. The molecule has 0 rings (SSSR count). The number of hydrogen-bond acceptors (Lipinski definition) is 4. The molecule has 0 radical (unpaired) electrons. The summed E-state index contributed by atoms with van der Waals surface area (Å²) in [5.74, 6) is 0. The highest BCUT2D eigenvalue weighted by atomic mass is 31.2. The molecular formula is C9H20FO4P. The average Bonchev–Trinajstić information content (AvgIpc) is 2.24. The fourth-order valence-corrected chi connectivity index (χ4v) is 1.94. The number of unbranched alkanes of at least 4 members (excludes halogenated alkanes) is 4. The zero-order valence-electron chi connectivity index (χ0n) is 9.41. The van der Waals surface area contributed by atoms with Crippen molar-refractivity contribution in [3.63, 3.8) is 0 Å². The largest absolute Gasteiger partial charge is 0.506 e. The van der Waals surface area contributed by atoms with Crippen molar-refractivity contribution in [2.24, 2.45) is 0 Å².